The second kappa shape index (κ2) is 4.76. The van der Waals surface area contributed by atoms with Crippen molar-refractivity contribution in [2.45, 2.75) is 25.4 Å². The SMILES string of the molecule is Nc1cc(C(=O)OC2CCCc3ccccc32)[nH]n1. The summed E-state index contributed by atoms with van der Waals surface area (Å²) in [5.74, 6) is -0.123. The molecule has 3 N–H and O–H groups in total. The number of ether oxygens (including phenoxy) is 1. The number of H-pyrrole nitrogens is 1. The minimum atomic E-state index is -0.411. The molecule has 98 valence electrons. The predicted molar refractivity (Wildman–Crippen MR) is 70.5 cm³/mol. The minimum Gasteiger partial charge on any atom is -0.453 e. The van der Waals surface area contributed by atoms with Crippen molar-refractivity contribution >= 4 is 11.8 Å². The molecule has 19 heavy (non-hydrogen) atoms. The molecule has 0 radical (unpaired) electrons. The van der Waals surface area contributed by atoms with Gasteiger partial charge in [0.25, 0.3) is 0 Å². The maximum atomic E-state index is 12.0. The lowest BCUT2D eigenvalue weighted by Crippen LogP contribution is -2.17. The molecule has 1 aromatic heterocycles. The standard InChI is InChI=1S/C14H15N3O2/c15-13-8-11(16-17-13)14(18)19-12-7-3-5-9-4-1-2-6-10(9)12/h1-2,4,6,8,12H,3,5,7H2,(H3,15,16,17). The van der Waals surface area contributed by atoms with E-state index in [4.69, 9.17) is 10.5 Å². The normalized spacial score (nSPS) is 17.8. The van der Waals surface area contributed by atoms with Gasteiger partial charge < -0.3 is 10.5 Å². The van der Waals surface area contributed by atoms with Gasteiger partial charge in [-0.1, -0.05) is 24.3 Å². The van der Waals surface area contributed by atoms with Crippen molar-refractivity contribution in [1.82, 2.24) is 10.2 Å². The fraction of sp³-hybridized carbons (Fsp3) is 0.286. The number of carbonyl (C=O) groups is 1. The zero-order chi connectivity index (χ0) is 13.2. The molecule has 0 fully saturated rings. The van der Waals surface area contributed by atoms with Crippen LogP contribution in [0.5, 0.6) is 0 Å². The molecule has 0 aliphatic heterocycles. The van der Waals surface area contributed by atoms with Crippen LogP contribution in [0.1, 0.15) is 40.6 Å². The number of nitrogens with two attached hydrogens (primary N) is 1. The van der Waals surface area contributed by atoms with Gasteiger partial charge in [-0.2, -0.15) is 5.10 Å². The van der Waals surface area contributed by atoms with E-state index in [2.05, 4.69) is 16.3 Å². The Labute approximate surface area is 110 Å². The smallest absolute Gasteiger partial charge is 0.357 e. The second-order valence-corrected chi connectivity index (χ2v) is 4.69. The monoisotopic (exact) mass is 257 g/mol. The van der Waals surface area contributed by atoms with Crippen LogP contribution in [-0.2, 0) is 11.2 Å². The molecular weight excluding hydrogens is 242 g/mol. The highest BCUT2D eigenvalue weighted by Crippen LogP contribution is 2.32. The molecule has 0 saturated carbocycles. The van der Waals surface area contributed by atoms with Gasteiger partial charge in [0, 0.05) is 6.07 Å². The number of nitrogens with zero attached hydrogens (tertiary/aromatic N) is 1. The second-order valence-electron chi connectivity index (χ2n) is 4.69. The lowest BCUT2D eigenvalue weighted by molar-refractivity contribution is 0.0249. The Kier molecular flexibility index (Phi) is 2.95. The Morgan fingerprint density at radius 3 is 3.05 bits per heavy atom. The zero-order valence-corrected chi connectivity index (χ0v) is 10.4. The van der Waals surface area contributed by atoms with Crippen molar-refractivity contribution in [2.75, 3.05) is 5.73 Å². The Morgan fingerprint density at radius 1 is 1.42 bits per heavy atom. The van der Waals surface area contributed by atoms with Gasteiger partial charge >= 0.3 is 5.97 Å². The first-order chi connectivity index (χ1) is 9.24. The Balaban J connectivity index is 1.79. The first-order valence-electron chi connectivity index (χ1n) is 6.34. The van der Waals surface area contributed by atoms with Crippen LogP contribution >= 0.6 is 0 Å². The molecule has 0 saturated heterocycles. The van der Waals surface area contributed by atoms with Gasteiger partial charge in [-0.3, -0.25) is 5.10 Å². The number of esters is 1. The van der Waals surface area contributed by atoms with Crippen molar-refractivity contribution < 1.29 is 9.53 Å². The number of aromatic amines is 1. The van der Waals surface area contributed by atoms with Gasteiger partial charge in [-0.05, 0) is 30.4 Å². The average Bonchev–Trinajstić information content (AvgIpc) is 2.86. The van der Waals surface area contributed by atoms with Gasteiger partial charge in [0.05, 0.1) is 0 Å². The molecule has 5 heteroatoms. The maximum Gasteiger partial charge on any atom is 0.357 e. The number of aryl methyl sites for hydroxylation is 1. The third-order valence-corrected chi connectivity index (χ3v) is 3.38. The topological polar surface area (TPSA) is 81.0 Å². The van der Waals surface area contributed by atoms with Crippen molar-refractivity contribution in [2.24, 2.45) is 0 Å². The number of carbonyl (C=O) groups excluding carboxylic acids is 1. The molecular formula is C14H15N3O2. The van der Waals surface area contributed by atoms with Crippen LogP contribution in [0, 0.1) is 0 Å². The number of nitrogens with one attached hydrogen (secondary N) is 1. The Bertz CT molecular complexity index is 606. The summed E-state index contributed by atoms with van der Waals surface area (Å²) in [6, 6.07) is 9.58. The fourth-order valence-corrected chi connectivity index (χ4v) is 2.47. The summed E-state index contributed by atoms with van der Waals surface area (Å²) in [6.07, 6.45) is 2.75. The van der Waals surface area contributed by atoms with Crippen molar-refractivity contribution in [3.8, 4) is 0 Å². The zero-order valence-electron chi connectivity index (χ0n) is 10.4. The third-order valence-electron chi connectivity index (χ3n) is 3.38. The highest BCUT2D eigenvalue weighted by molar-refractivity contribution is 5.88. The number of aromatic nitrogens is 2. The first-order valence-corrected chi connectivity index (χ1v) is 6.34. The van der Waals surface area contributed by atoms with Crippen molar-refractivity contribution in [1.29, 1.82) is 0 Å². The lowest BCUT2D eigenvalue weighted by Gasteiger charge is -2.25. The number of nitrogen functional groups attached to an aromatic ring is 1. The predicted octanol–water partition coefficient (Wildman–Crippen LogP) is 2.23. The molecule has 1 aliphatic rings. The molecule has 2 aromatic rings. The van der Waals surface area contributed by atoms with Crippen LogP contribution in [0.25, 0.3) is 0 Å². The summed E-state index contributed by atoms with van der Waals surface area (Å²) in [7, 11) is 0. The van der Waals surface area contributed by atoms with E-state index >= 15 is 0 Å². The summed E-state index contributed by atoms with van der Waals surface area (Å²) in [5.41, 5.74) is 8.13. The molecule has 0 bridgehead atoms. The van der Waals surface area contributed by atoms with Crippen LogP contribution < -0.4 is 5.73 Å². The largest absolute Gasteiger partial charge is 0.453 e. The highest BCUT2D eigenvalue weighted by Gasteiger charge is 2.24. The Morgan fingerprint density at radius 2 is 2.26 bits per heavy atom. The van der Waals surface area contributed by atoms with Crippen molar-refractivity contribution in [3.63, 3.8) is 0 Å². The molecule has 1 aromatic carbocycles. The van der Waals surface area contributed by atoms with Crippen LogP contribution in [-0.4, -0.2) is 16.2 Å². The quantitative estimate of drug-likeness (QED) is 0.808. The summed E-state index contributed by atoms with van der Waals surface area (Å²) in [5, 5.41) is 6.30. The summed E-state index contributed by atoms with van der Waals surface area (Å²) >= 11 is 0. The summed E-state index contributed by atoms with van der Waals surface area (Å²) in [6.45, 7) is 0. The van der Waals surface area contributed by atoms with E-state index in [-0.39, 0.29) is 11.9 Å². The maximum absolute atomic E-state index is 12.0. The van der Waals surface area contributed by atoms with Crippen molar-refractivity contribution in [3.05, 3.63) is 47.2 Å². The lowest BCUT2D eigenvalue weighted by atomic mass is 9.89. The van der Waals surface area contributed by atoms with E-state index in [9.17, 15) is 4.79 Å². The average molecular weight is 257 g/mol. The van der Waals surface area contributed by atoms with E-state index < -0.39 is 5.97 Å². The molecule has 0 amide bonds. The van der Waals surface area contributed by atoms with E-state index in [0.29, 0.717) is 5.69 Å². The van der Waals surface area contributed by atoms with Gasteiger partial charge in [0.1, 0.15) is 17.6 Å². The summed E-state index contributed by atoms with van der Waals surface area (Å²) in [4.78, 5) is 12.0. The molecule has 3 rings (SSSR count). The van der Waals surface area contributed by atoms with Gasteiger partial charge in [0.15, 0.2) is 0 Å². The summed E-state index contributed by atoms with van der Waals surface area (Å²) < 4.78 is 5.55. The first kappa shape index (κ1) is 11.8. The van der Waals surface area contributed by atoms with E-state index in [0.717, 1.165) is 24.8 Å². The van der Waals surface area contributed by atoms with Crippen LogP contribution in [0.2, 0.25) is 0 Å². The van der Waals surface area contributed by atoms with Crippen LogP contribution in [0.3, 0.4) is 0 Å². The van der Waals surface area contributed by atoms with Gasteiger partial charge in [-0.15, -0.1) is 0 Å². The van der Waals surface area contributed by atoms with E-state index in [1.54, 1.807) is 0 Å². The fourth-order valence-electron chi connectivity index (χ4n) is 2.47. The molecule has 1 unspecified atom stereocenters. The number of benzene rings is 1. The van der Waals surface area contributed by atoms with Crippen LogP contribution in [0.15, 0.2) is 30.3 Å². The Hall–Kier alpha value is -2.30. The van der Waals surface area contributed by atoms with Crippen LogP contribution in [0.4, 0.5) is 5.82 Å². The number of fused-ring (bicyclic) bond motifs is 1. The number of rotatable bonds is 2. The number of anilines is 1. The highest BCUT2D eigenvalue weighted by atomic mass is 16.5. The van der Waals surface area contributed by atoms with Gasteiger partial charge in [-0.25, -0.2) is 4.79 Å². The van der Waals surface area contributed by atoms with Gasteiger partial charge in [0.2, 0.25) is 0 Å². The van der Waals surface area contributed by atoms with E-state index in [1.807, 2.05) is 18.2 Å². The van der Waals surface area contributed by atoms with E-state index in [1.165, 1.54) is 11.6 Å². The molecule has 1 aliphatic carbocycles. The molecule has 5 nitrogen and oxygen atoms in total. The minimum absolute atomic E-state index is 0.179. The third kappa shape index (κ3) is 2.31. The number of hydrogen-bond acceptors (Lipinski definition) is 4. The molecule has 0 spiro atoms. The molecule has 1 atom stereocenters. The molecule has 1 heterocycles. The number of hydrogen-bond donors (Lipinski definition) is 2.